The van der Waals surface area contributed by atoms with Crippen LogP contribution in [-0.2, 0) is 39.4 Å². The van der Waals surface area contributed by atoms with E-state index >= 15 is 8.90 Å². The number of anilines is 3. The number of aliphatic hydroxyl groups excluding tert-OH is 1. The van der Waals surface area contributed by atoms with Crippen molar-refractivity contribution < 1.29 is 42.6 Å². The van der Waals surface area contributed by atoms with Crippen molar-refractivity contribution in [3.05, 3.63) is 149 Å². The average molecular weight is 871 g/mol. The van der Waals surface area contributed by atoms with Crippen LogP contribution in [-0.4, -0.2) is 75.0 Å². The molecule has 3 heterocycles. The van der Waals surface area contributed by atoms with Gasteiger partial charge in [-0.25, -0.2) is 0 Å². The predicted octanol–water partition coefficient (Wildman–Crippen LogP) is 7.87. The Bertz CT molecular complexity index is 2530. The van der Waals surface area contributed by atoms with Crippen molar-refractivity contribution in [2.24, 2.45) is 5.92 Å². The number of aliphatic hydroxyl groups is 1. The van der Waals surface area contributed by atoms with Crippen molar-refractivity contribution in [1.82, 2.24) is 4.90 Å². The molecule has 3 N–H and O–H groups in total. The Morgan fingerprint density at radius 1 is 0.825 bits per heavy atom. The Balaban J connectivity index is 1.11. The quantitative estimate of drug-likeness (QED) is 0.0849. The molecule has 0 saturated carbocycles. The zero-order valence-electron chi connectivity index (χ0n) is 35.9. The van der Waals surface area contributed by atoms with Crippen LogP contribution in [0.2, 0.25) is 18.6 Å². The summed E-state index contributed by atoms with van der Waals surface area (Å²) in [6.45, 7) is 5.17. The Kier molecular flexibility index (Phi) is 12.0. The maximum atomic E-state index is 16.8. The number of halogens is 1. The standard InChI is InChI=1S/C49H51FN4O8Si/c1-30-45(63(4,5)50)43(26-44(56)53-28-35-9-7-6-8-34(35)24-38(53)29-55)62-49(30)41-25-37(52-47(58)33-14-21-40(61-3)22-15-33)18-23-42(41)54(48(49)59)27-31-10-16-36(17-11-31)51-46(57)32-12-19-39(60-2)20-13-32/h6-23,25,30,38,43,45,55H,24,26-29H2,1-5H3,(H,51,57)(H,52,58)/t30-,38+,43+,45-,49+/m1/s1. The van der Waals surface area contributed by atoms with Gasteiger partial charge in [-0.1, -0.05) is 43.3 Å². The molecule has 5 aromatic rings. The van der Waals surface area contributed by atoms with Crippen molar-refractivity contribution >= 4 is 49.1 Å². The second-order valence-corrected chi connectivity index (χ2v) is 20.8. The fourth-order valence-electron chi connectivity index (χ4n) is 9.58. The van der Waals surface area contributed by atoms with E-state index in [2.05, 4.69) is 10.6 Å². The van der Waals surface area contributed by atoms with E-state index in [0.29, 0.717) is 58.2 Å². The smallest absolute Gasteiger partial charge is 0.264 e. The van der Waals surface area contributed by atoms with E-state index in [1.54, 1.807) is 116 Å². The van der Waals surface area contributed by atoms with E-state index in [-0.39, 0.29) is 37.3 Å². The highest BCUT2D eigenvalue weighted by Crippen LogP contribution is 2.60. The summed E-state index contributed by atoms with van der Waals surface area (Å²) in [7, 11) is -0.568. The molecule has 5 atom stereocenters. The van der Waals surface area contributed by atoms with Gasteiger partial charge in [0.15, 0.2) is 5.60 Å². The molecule has 12 nitrogen and oxygen atoms in total. The largest absolute Gasteiger partial charge is 0.497 e. The number of ether oxygens (including phenoxy) is 3. The van der Waals surface area contributed by atoms with Crippen LogP contribution in [0.4, 0.5) is 21.2 Å². The molecule has 0 aliphatic carbocycles. The first-order valence-electron chi connectivity index (χ1n) is 21.0. The van der Waals surface area contributed by atoms with Gasteiger partial charge >= 0.3 is 0 Å². The Morgan fingerprint density at radius 2 is 1.40 bits per heavy atom. The number of amides is 4. The summed E-state index contributed by atoms with van der Waals surface area (Å²) in [5.41, 5.74) is 3.15. The summed E-state index contributed by atoms with van der Waals surface area (Å²) in [5.74, 6) is -0.842. The highest BCUT2D eigenvalue weighted by molar-refractivity contribution is 6.72. The van der Waals surface area contributed by atoms with Crippen LogP contribution in [0.5, 0.6) is 11.5 Å². The number of carbonyl (C=O) groups is 4. The number of hydrogen-bond acceptors (Lipinski definition) is 8. The van der Waals surface area contributed by atoms with E-state index in [4.69, 9.17) is 14.2 Å². The monoisotopic (exact) mass is 870 g/mol. The number of benzene rings is 5. The first-order valence-corrected chi connectivity index (χ1v) is 24.0. The van der Waals surface area contributed by atoms with Gasteiger partial charge in [-0.05, 0) is 115 Å². The minimum absolute atomic E-state index is 0.115. The molecule has 1 fully saturated rings. The molecule has 3 aliphatic rings. The minimum Gasteiger partial charge on any atom is -0.497 e. The maximum Gasteiger partial charge on any atom is 0.264 e. The molecular weight excluding hydrogens is 820 g/mol. The number of rotatable bonds is 12. The van der Waals surface area contributed by atoms with Gasteiger partial charge in [-0.2, -0.15) is 0 Å². The van der Waals surface area contributed by atoms with E-state index in [9.17, 15) is 19.5 Å². The van der Waals surface area contributed by atoms with Gasteiger partial charge in [0, 0.05) is 46.1 Å². The van der Waals surface area contributed by atoms with Crippen molar-refractivity contribution in [2.75, 3.05) is 36.4 Å². The van der Waals surface area contributed by atoms with Crippen molar-refractivity contribution in [3.8, 4) is 11.5 Å². The van der Waals surface area contributed by atoms with Gasteiger partial charge in [0.25, 0.3) is 17.7 Å². The Labute approximate surface area is 367 Å². The Morgan fingerprint density at radius 3 is 1.97 bits per heavy atom. The maximum absolute atomic E-state index is 16.8. The van der Waals surface area contributed by atoms with Crippen LogP contribution in [0.1, 0.15) is 56.3 Å². The molecule has 3 aliphatic heterocycles. The number of nitrogens with zero attached hydrogens (tertiary/aromatic N) is 2. The predicted molar refractivity (Wildman–Crippen MR) is 240 cm³/mol. The highest BCUT2D eigenvalue weighted by atomic mass is 28.4. The van der Waals surface area contributed by atoms with Gasteiger partial charge in [0.1, 0.15) is 11.5 Å². The van der Waals surface area contributed by atoms with Crippen LogP contribution >= 0.6 is 0 Å². The zero-order valence-corrected chi connectivity index (χ0v) is 36.9. The van der Waals surface area contributed by atoms with Crippen LogP contribution in [0.25, 0.3) is 0 Å². The second kappa shape index (κ2) is 17.4. The lowest BCUT2D eigenvalue weighted by Gasteiger charge is -2.37. The average Bonchev–Trinajstić information content (AvgIpc) is 3.71. The fraction of sp³-hybridized carbons (Fsp3) is 0.306. The lowest BCUT2D eigenvalue weighted by Crippen LogP contribution is -2.48. The third-order valence-electron chi connectivity index (χ3n) is 12.7. The molecule has 0 radical (unpaired) electrons. The summed E-state index contributed by atoms with van der Waals surface area (Å²) >= 11 is 0. The SMILES string of the molecule is COc1ccc(C(=O)Nc2ccc(CN3C(=O)[C@@]4(O[C@@H](CC(=O)N5Cc6ccccc6C[C@H]5CO)[C@H]([Si](C)(C)F)[C@H]4C)c4cc(NC(=O)c5ccc(OC)cc5)ccc43)cc2)cc1. The topological polar surface area (TPSA) is 147 Å². The van der Waals surface area contributed by atoms with Crippen molar-refractivity contribution in [1.29, 1.82) is 0 Å². The number of hydrogen-bond donors (Lipinski definition) is 3. The molecule has 0 aromatic heterocycles. The van der Waals surface area contributed by atoms with E-state index in [0.717, 1.165) is 16.7 Å². The molecule has 5 aromatic carbocycles. The molecule has 1 spiro atoms. The molecule has 0 bridgehead atoms. The van der Waals surface area contributed by atoms with E-state index < -0.39 is 43.5 Å². The lowest BCUT2D eigenvalue weighted by atomic mass is 9.82. The van der Waals surface area contributed by atoms with Gasteiger partial charge in [-0.3, -0.25) is 19.2 Å². The van der Waals surface area contributed by atoms with Crippen LogP contribution in [0.15, 0.2) is 115 Å². The van der Waals surface area contributed by atoms with Gasteiger partial charge in [-0.15, -0.1) is 0 Å². The summed E-state index contributed by atoms with van der Waals surface area (Å²) in [5, 5.41) is 16.3. The molecule has 63 heavy (non-hydrogen) atoms. The van der Waals surface area contributed by atoms with E-state index in [1.807, 2.05) is 43.3 Å². The van der Waals surface area contributed by atoms with Gasteiger partial charge in [0.05, 0.1) is 51.6 Å². The first-order chi connectivity index (χ1) is 30.2. The molecule has 0 unspecified atom stereocenters. The molecule has 326 valence electrons. The lowest BCUT2D eigenvalue weighted by molar-refractivity contribution is -0.151. The third kappa shape index (κ3) is 8.33. The highest BCUT2D eigenvalue weighted by Gasteiger charge is 2.67. The first kappa shape index (κ1) is 43.3. The number of nitrogens with one attached hydrogen (secondary N) is 2. The van der Waals surface area contributed by atoms with Gasteiger partial charge < -0.3 is 43.9 Å². The minimum atomic E-state index is -3.67. The molecule has 1 saturated heterocycles. The zero-order chi connectivity index (χ0) is 44.6. The molecule has 4 amide bonds. The van der Waals surface area contributed by atoms with Crippen molar-refractivity contribution in [3.63, 3.8) is 0 Å². The van der Waals surface area contributed by atoms with Crippen molar-refractivity contribution in [2.45, 2.75) is 69.2 Å². The summed E-state index contributed by atoms with van der Waals surface area (Å²) in [6, 6.07) is 33.1. The second-order valence-electron chi connectivity index (χ2n) is 17.0. The summed E-state index contributed by atoms with van der Waals surface area (Å²) in [6.07, 6.45) is -0.659. The Hall–Kier alpha value is -6.35. The molecule has 14 heteroatoms. The van der Waals surface area contributed by atoms with E-state index in [1.165, 1.54) is 0 Å². The number of methoxy groups -OCH3 is 2. The fourth-order valence-corrected chi connectivity index (χ4v) is 12.1. The third-order valence-corrected chi connectivity index (χ3v) is 15.2. The molecular formula is C49H51FN4O8Si. The normalized spacial score (nSPS) is 21.5. The number of carbonyl (C=O) groups excluding carboxylic acids is 4. The van der Waals surface area contributed by atoms with Gasteiger partial charge in [0.2, 0.25) is 14.3 Å². The van der Waals surface area contributed by atoms with Crippen LogP contribution in [0.3, 0.4) is 0 Å². The summed E-state index contributed by atoms with van der Waals surface area (Å²) < 4.78 is 34.3. The van der Waals surface area contributed by atoms with Crippen LogP contribution < -0.4 is 25.0 Å². The molecule has 8 rings (SSSR count). The summed E-state index contributed by atoms with van der Waals surface area (Å²) in [4.78, 5) is 59.4. The van der Waals surface area contributed by atoms with Crippen LogP contribution in [0, 0.1) is 5.92 Å². The number of fused-ring (bicyclic) bond motifs is 3.